The van der Waals surface area contributed by atoms with Crippen LogP contribution in [0.1, 0.15) is 10.5 Å². The number of amides is 1. The number of aliphatic hydroxyl groups excluding tert-OH is 1. The van der Waals surface area contributed by atoms with Crippen molar-refractivity contribution in [2.45, 2.75) is 4.90 Å². The maximum Gasteiger partial charge on any atom is 0.275 e. The number of halogens is 4. The molecule has 13 nitrogen and oxygen atoms in total. The van der Waals surface area contributed by atoms with E-state index in [1.54, 1.807) is 41.3 Å². The van der Waals surface area contributed by atoms with E-state index in [2.05, 4.69) is 35.0 Å². The number of carbonyl (C=O) groups is 1. The zero-order chi connectivity index (χ0) is 35.9. The van der Waals surface area contributed by atoms with Crippen LogP contribution in [0.3, 0.4) is 0 Å². The van der Waals surface area contributed by atoms with Crippen molar-refractivity contribution in [2.24, 2.45) is 0 Å². The van der Waals surface area contributed by atoms with E-state index < -0.39 is 37.9 Å². The Labute approximate surface area is 299 Å². The number of piperazine rings is 1. The lowest BCUT2D eigenvalue weighted by molar-refractivity contribution is 0.0610. The number of hydrogen-bond donors (Lipinski definition) is 3. The van der Waals surface area contributed by atoms with E-state index in [9.17, 15) is 18.3 Å². The number of aromatic nitrogens is 5. The minimum absolute atomic E-state index is 0.0247. The molecule has 3 N–H and O–H groups in total. The summed E-state index contributed by atoms with van der Waals surface area (Å²) in [5.74, 6) is -2.38. The number of nitrogens with one attached hydrogen (secondary N) is 2. The van der Waals surface area contributed by atoms with Crippen LogP contribution in [0, 0.1) is 11.6 Å². The molecule has 3 aromatic heterocycles. The molecule has 0 saturated carbocycles. The van der Waals surface area contributed by atoms with Gasteiger partial charge in [-0.1, -0.05) is 47.5 Å². The monoisotopic (exact) mass is 753 g/mol. The van der Waals surface area contributed by atoms with Gasteiger partial charge in [0, 0.05) is 38.1 Å². The molecule has 1 saturated heterocycles. The van der Waals surface area contributed by atoms with Gasteiger partial charge in [-0.05, 0) is 42.5 Å². The number of rotatable bonds is 9. The lowest BCUT2D eigenvalue weighted by Gasteiger charge is -2.34. The van der Waals surface area contributed by atoms with Crippen molar-refractivity contribution < 1.29 is 27.1 Å². The molecule has 1 amide bonds. The van der Waals surface area contributed by atoms with Crippen molar-refractivity contribution in [1.29, 1.82) is 0 Å². The van der Waals surface area contributed by atoms with Gasteiger partial charge in [0.15, 0.2) is 23.1 Å². The van der Waals surface area contributed by atoms with Crippen molar-refractivity contribution in [2.75, 3.05) is 49.4 Å². The summed E-state index contributed by atoms with van der Waals surface area (Å²) in [6.45, 7) is 2.78. The smallest absolute Gasteiger partial charge is 0.275 e. The summed E-state index contributed by atoms with van der Waals surface area (Å²) in [6, 6.07) is 16.2. The SMILES string of the molecule is O=C(c1nn(-c2ccc3ncnc(Nc4c(F)ccc(NS(=O)(=O)c5cccc(Cl)c5Cl)c4F)c3n2)c2ccccc12)N1CCN(CCO)CC1. The summed E-state index contributed by atoms with van der Waals surface area (Å²) < 4.78 is 60.8. The molecule has 1 aliphatic rings. The number of β-amino-alcohol motifs (C(OH)–C–C–N with tert-alkyl or cyclic N) is 1. The molecule has 0 unspecified atom stereocenters. The number of para-hydroxylation sites is 1. The Morgan fingerprint density at radius 1 is 0.941 bits per heavy atom. The molecule has 0 atom stereocenters. The fourth-order valence-electron chi connectivity index (χ4n) is 5.76. The molecule has 0 spiro atoms. The maximum atomic E-state index is 15.8. The summed E-state index contributed by atoms with van der Waals surface area (Å²) in [6.07, 6.45) is 1.18. The summed E-state index contributed by atoms with van der Waals surface area (Å²) in [4.78, 5) is 30.2. The van der Waals surface area contributed by atoms with Crippen LogP contribution >= 0.6 is 23.2 Å². The van der Waals surface area contributed by atoms with Crippen molar-refractivity contribution in [1.82, 2.24) is 34.5 Å². The Balaban J connectivity index is 1.23. The molecule has 1 aliphatic heterocycles. The number of benzene rings is 3. The standard InChI is InChI=1S/C33H27Cl2F2N9O4S/c34-20-5-3-7-25(27(20)35)51(49,50)43-22-9-8-21(36)30(28(22)37)41-32-31-23(38-18-39-32)10-11-26(40-31)46-24-6-2-1-4-19(24)29(42-46)33(48)45-14-12-44(13-15-45)16-17-47/h1-11,18,43,47H,12-17H2,(H,38,39,41). The molecule has 0 radical (unpaired) electrons. The Hall–Kier alpha value is -5.00. The van der Waals surface area contributed by atoms with Crippen molar-refractivity contribution >= 4 is 78.3 Å². The van der Waals surface area contributed by atoms with Crippen LogP contribution in [-0.4, -0.2) is 93.3 Å². The maximum absolute atomic E-state index is 15.8. The van der Waals surface area contributed by atoms with Gasteiger partial charge in [-0.3, -0.25) is 14.4 Å². The second kappa shape index (κ2) is 14.0. The average Bonchev–Trinajstić information content (AvgIpc) is 3.52. The quantitative estimate of drug-likeness (QED) is 0.178. The van der Waals surface area contributed by atoms with Gasteiger partial charge in [-0.15, -0.1) is 0 Å². The van der Waals surface area contributed by atoms with Gasteiger partial charge in [-0.2, -0.15) is 5.10 Å². The summed E-state index contributed by atoms with van der Waals surface area (Å²) in [7, 11) is -4.44. The van der Waals surface area contributed by atoms with Crippen molar-refractivity contribution in [3.05, 3.63) is 100 Å². The van der Waals surface area contributed by atoms with Crippen molar-refractivity contribution in [3.63, 3.8) is 0 Å². The van der Waals surface area contributed by atoms with Crippen LogP contribution in [0.5, 0.6) is 0 Å². The zero-order valence-corrected chi connectivity index (χ0v) is 28.7. The van der Waals surface area contributed by atoms with Gasteiger partial charge in [0.05, 0.1) is 33.4 Å². The zero-order valence-electron chi connectivity index (χ0n) is 26.4. The van der Waals surface area contributed by atoms with Crippen LogP contribution in [0.25, 0.3) is 27.8 Å². The third kappa shape index (κ3) is 6.63. The topological polar surface area (TPSA) is 158 Å². The average molecular weight is 755 g/mol. The largest absolute Gasteiger partial charge is 0.395 e. The highest BCUT2D eigenvalue weighted by molar-refractivity contribution is 7.92. The van der Waals surface area contributed by atoms with Crippen LogP contribution in [-0.2, 0) is 10.0 Å². The first kappa shape index (κ1) is 34.4. The molecule has 51 heavy (non-hydrogen) atoms. The summed E-state index contributed by atoms with van der Waals surface area (Å²) in [5, 5.41) is 16.9. The number of aliphatic hydroxyl groups is 1. The Morgan fingerprint density at radius 2 is 1.73 bits per heavy atom. The van der Waals surface area contributed by atoms with Gasteiger partial charge in [0.1, 0.15) is 28.2 Å². The molecule has 0 aliphatic carbocycles. The van der Waals surface area contributed by atoms with Gasteiger partial charge in [0.25, 0.3) is 15.9 Å². The first-order valence-electron chi connectivity index (χ1n) is 15.5. The number of carbonyl (C=O) groups excluding carboxylic acids is 1. The van der Waals surface area contributed by atoms with Gasteiger partial charge in [0.2, 0.25) is 0 Å². The number of fused-ring (bicyclic) bond motifs is 2. The third-order valence-electron chi connectivity index (χ3n) is 8.33. The van der Waals surface area contributed by atoms with Gasteiger partial charge in [-0.25, -0.2) is 36.8 Å². The van der Waals surface area contributed by atoms with Crippen LogP contribution in [0.15, 0.2) is 78.0 Å². The van der Waals surface area contributed by atoms with E-state index in [1.165, 1.54) is 29.2 Å². The lowest BCUT2D eigenvalue weighted by Crippen LogP contribution is -2.49. The molecule has 0 bridgehead atoms. The molecule has 1 fully saturated rings. The minimum Gasteiger partial charge on any atom is -0.395 e. The molecule has 6 aromatic rings. The fourth-order valence-corrected chi connectivity index (χ4v) is 7.58. The Bertz CT molecular complexity index is 2430. The highest BCUT2D eigenvalue weighted by atomic mass is 35.5. The normalized spacial score (nSPS) is 13.9. The molecule has 3 aromatic carbocycles. The number of pyridine rings is 1. The molecule has 4 heterocycles. The van der Waals surface area contributed by atoms with E-state index in [-0.39, 0.29) is 45.4 Å². The van der Waals surface area contributed by atoms with Crippen LogP contribution < -0.4 is 10.0 Å². The van der Waals surface area contributed by atoms with Gasteiger partial charge >= 0.3 is 0 Å². The van der Waals surface area contributed by atoms with E-state index >= 15 is 8.78 Å². The third-order valence-corrected chi connectivity index (χ3v) is 10.7. The lowest BCUT2D eigenvalue weighted by atomic mass is 10.2. The minimum atomic E-state index is -4.44. The molecular weight excluding hydrogens is 727 g/mol. The molecule has 18 heteroatoms. The predicted molar refractivity (Wildman–Crippen MR) is 188 cm³/mol. The van der Waals surface area contributed by atoms with Crippen LogP contribution in [0.4, 0.5) is 26.0 Å². The molecule has 7 rings (SSSR count). The van der Waals surface area contributed by atoms with E-state index in [1.807, 2.05) is 0 Å². The number of hydrogen-bond acceptors (Lipinski definition) is 10. The first-order valence-corrected chi connectivity index (χ1v) is 17.7. The second-order valence-electron chi connectivity index (χ2n) is 11.5. The summed E-state index contributed by atoms with van der Waals surface area (Å²) >= 11 is 12.1. The van der Waals surface area contributed by atoms with E-state index in [0.717, 1.165) is 12.1 Å². The molecular formula is C33H27Cl2F2N9O4S. The Morgan fingerprint density at radius 3 is 2.51 bits per heavy atom. The number of nitrogens with zero attached hydrogens (tertiary/aromatic N) is 7. The Kier molecular flexibility index (Phi) is 9.43. The highest BCUT2D eigenvalue weighted by Crippen LogP contribution is 2.34. The predicted octanol–water partition coefficient (Wildman–Crippen LogP) is 5.24. The molecule has 262 valence electrons. The number of anilines is 3. The van der Waals surface area contributed by atoms with E-state index in [4.69, 9.17) is 23.2 Å². The first-order chi connectivity index (χ1) is 24.6. The van der Waals surface area contributed by atoms with Crippen molar-refractivity contribution in [3.8, 4) is 5.82 Å². The second-order valence-corrected chi connectivity index (χ2v) is 13.9. The highest BCUT2D eigenvalue weighted by Gasteiger charge is 2.27. The summed E-state index contributed by atoms with van der Waals surface area (Å²) in [5.41, 5.74) is -0.0350. The fraction of sp³-hybridized carbons (Fsp3) is 0.182. The van der Waals surface area contributed by atoms with E-state index in [0.29, 0.717) is 49.1 Å². The van der Waals surface area contributed by atoms with Crippen LogP contribution in [0.2, 0.25) is 10.0 Å². The van der Waals surface area contributed by atoms with Gasteiger partial charge < -0.3 is 15.3 Å². The number of sulfonamides is 1.